The normalized spacial score (nSPS) is 12.3. The van der Waals surface area contributed by atoms with Gasteiger partial charge in [0.1, 0.15) is 0 Å². The number of hydrogen-bond acceptors (Lipinski definition) is 1. The first-order valence-electron chi connectivity index (χ1n) is 4.91. The Morgan fingerprint density at radius 3 is 2.43 bits per heavy atom. The molecule has 0 saturated carbocycles. The monoisotopic (exact) mass is 190 g/mol. The standard InChI is InChI=1S/C12H16NO/c1-9-10-7-5-6-8-11(10)13(14-9)12(2,3)4/h5-8H,1-4H3/q+1. The summed E-state index contributed by atoms with van der Waals surface area (Å²) in [6.45, 7) is 8.43. The molecule has 0 bridgehead atoms. The highest BCUT2D eigenvalue weighted by molar-refractivity contribution is 5.77. The van der Waals surface area contributed by atoms with E-state index >= 15 is 0 Å². The minimum Gasteiger partial charge on any atom is -0.240 e. The predicted octanol–water partition coefficient (Wildman–Crippen LogP) is 2.78. The van der Waals surface area contributed by atoms with Gasteiger partial charge in [-0.25, -0.2) is 4.52 Å². The van der Waals surface area contributed by atoms with E-state index in [2.05, 4.69) is 32.9 Å². The zero-order chi connectivity index (χ0) is 10.3. The largest absolute Gasteiger partial charge is 0.262 e. The molecular weight excluding hydrogens is 174 g/mol. The Morgan fingerprint density at radius 2 is 1.79 bits per heavy atom. The fourth-order valence-electron chi connectivity index (χ4n) is 1.68. The maximum Gasteiger partial charge on any atom is 0.262 e. The van der Waals surface area contributed by atoms with Crippen LogP contribution in [-0.2, 0) is 5.54 Å². The number of aromatic nitrogens is 1. The van der Waals surface area contributed by atoms with Crippen molar-refractivity contribution in [3.8, 4) is 0 Å². The van der Waals surface area contributed by atoms with Gasteiger partial charge < -0.3 is 0 Å². The first-order valence-corrected chi connectivity index (χ1v) is 4.91. The summed E-state index contributed by atoms with van der Waals surface area (Å²) < 4.78 is 7.72. The molecule has 0 amide bonds. The molecule has 2 aromatic rings. The third-order valence-electron chi connectivity index (χ3n) is 2.34. The molecule has 0 aliphatic carbocycles. The molecule has 0 saturated heterocycles. The smallest absolute Gasteiger partial charge is 0.240 e. The topological polar surface area (TPSA) is 17.0 Å². The molecule has 2 rings (SSSR count). The summed E-state index contributed by atoms with van der Waals surface area (Å²) in [5.74, 6) is 0.982. The molecule has 2 heteroatoms. The molecule has 74 valence electrons. The Balaban J connectivity index is 2.80. The fraction of sp³-hybridized carbons (Fsp3) is 0.417. The summed E-state index contributed by atoms with van der Waals surface area (Å²) in [5.41, 5.74) is 1.16. The number of nitrogens with zero attached hydrogens (tertiary/aromatic N) is 1. The van der Waals surface area contributed by atoms with Crippen molar-refractivity contribution in [1.29, 1.82) is 0 Å². The number of benzene rings is 1. The van der Waals surface area contributed by atoms with Crippen LogP contribution >= 0.6 is 0 Å². The van der Waals surface area contributed by atoms with Crippen LogP contribution in [0, 0.1) is 6.92 Å². The molecule has 0 radical (unpaired) electrons. The van der Waals surface area contributed by atoms with Crippen LogP contribution in [0.15, 0.2) is 28.8 Å². The third kappa shape index (κ3) is 1.31. The van der Waals surface area contributed by atoms with E-state index in [1.807, 2.05) is 23.8 Å². The second-order valence-electron chi connectivity index (χ2n) is 4.63. The Bertz CT molecular complexity index is 463. The molecule has 0 fully saturated rings. The van der Waals surface area contributed by atoms with E-state index < -0.39 is 0 Å². The van der Waals surface area contributed by atoms with Gasteiger partial charge in [0.15, 0.2) is 5.76 Å². The fourth-order valence-corrected chi connectivity index (χ4v) is 1.68. The number of fused-ring (bicyclic) bond motifs is 1. The van der Waals surface area contributed by atoms with Crippen LogP contribution < -0.4 is 4.74 Å². The highest BCUT2D eigenvalue weighted by atomic mass is 16.5. The zero-order valence-electron chi connectivity index (χ0n) is 9.16. The average molecular weight is 190 g/mol. The Kier molecular flexibility index (Phi) is 1.88. The summed E-state index contributed by atoms with van der Waals surface area (Å²) in [5, 5.41) is 1.20. The maximum absolute atomic E-state index is 5.75. The molecule has 2 nitrogen and oxygen atoms in total. The number of rotatable bonds is 0. The summed E-state index contributed by atoms with van der Waals surface area (Å²) in [4.78, 5) is 0. The van der Waals surface area contributed by atoms with Gasteiger partial charge in [0, 0.05) is 33.8 Å². The molecule has 1 aromatic carbocycles. The molecule has 14 heavy (non-hydrogen) atoms. The van der Waals surface area contributed by atoms with Gasteiger partial charge in [0.25, 0.3) is 5.52 Å². The summed E-state index contributed by atoms with van der Waals surface area (Å²) >= 11 is 0. The van der Waals surface area contributed by atoms with Crippen LogP contribution in [0.2, 0.25) is 0 Å². The molecule has 0 N–H and O–H groups in total. The highest BCUT2D eigenvalue weighted by Crippen LogP contribution is 2.18. The second-order valence-corrected chi connectivity index (χ2v) is 4.63. The van der Waals surface area contributed by atoms with Gasteiger partial charge in [-0.1, -0.05) is 12.1 Å². The van der Waals surface area contributed by atoms with Crippen molar-refractivity contribution in [2.24, 2.45) is 0 Å². The van der Waals surface area contributed by atoms with Crippen molar-refractivity contribution in [1.82, 2.24) is 0 Å². The van der Waals surface area contributed by atoms with Crippen molar-refractivity contribution in [3.63, 3.8) is 0 Å². The van der Waals surface area contributed by atoms with E-state index in [0.29, 0.717) is 0 Å². The quantitative estimate of drug-likeness (QED) is 0.584. The Labute approximate surface area is 84.1 Å². The molecule has 1 heterocycles. The van der Waals surface area contributed by atoms with Crippen LogP contribution in [-0.4, -0.2) is 0 Å². The van der Waals surface area contributed by atoms with Crippen LogP contribution in [0.5, 0.6) is 0 Å². The molecule has 0 aliphatic heterocycles. The van der Waals surface area contributed by atoms with Gasteiger partial charge in [0.2, 0.25) is 5.54 Å². The van der Waals surface area contributed by atoms with E-state index in [1.54, 1.807) is 0 Å². The molecule has 1 aromatic heterocycles. The first kappa shape index (κ1) is 9.25. The number of aryl methyl sites for hydroxylation is 1. The minimum atomic E-state index is -0.00609. The molecule has 0 unspecified atom stereocenters. The first-order chi connectivity index (χ1) is 6.50. The SMILES string of the molecule is Cc1o[n+](C(C)(C)C)c2ccccc12. The minimum absolute atomic E-state index is 0.00609. The van der Waals surface area contributed by atoms with Crippen LogP contribution in [0.3, 0.4) is 0 Å². The zero-order valence-corrected chi connectivity index (χ0v) is 9.16. The lowest BCUT2D eigenvalue weighted by Crippen LogP contribution is -2.48. The van der Waals surface area contributed by atoms with Crippen LogP contribution in [0.1, 0.15) is 26.5 Å². The van der Waals surface area contributed by atoms with E-state index in [-0.39, 0.29) is 5.54 Å². The van der Waals surface area contributed by atoms with E-state index in [4.69, 9.17) is 4.52 Å². The van der Waals surface area contributed by atoms with Crippen molar-refractivity contribution < 1.29 is 9.26 Å². The van der Waals surface area contributed by atoms with Crippen LogP contribution in [0.4, 0.5) is 0 Å². The average Bonchev–Trinajstić information content (AvgIpc) is 2.44. The van der Waals surface area contributed by atoms with Crippen molar-refractivity contribution in [3.05, 3.63) is 30.0 Å². The lowest BCUT2D eigenvalue weighted by Gasteiger charge is -2.06. The van der Waals surface area contributed by atoms with Crippen molar-refractivity contribution in [2.75, 3.05) is 0 Å². The summed E-state index contributed by atoms with van der Waals surface area (Å²) in [6, 6.07) is 8.27. The molecule has 0 aliphatic rings. The van der Waals surface area contributed by atoms with E-state index in [1.165, 1.54) is 5.39 Å². The van der Waals surface area contributed by atoms with Gasteiger partial charge >= 0.3 is 0 Å². The van der Waals surface area contributed by atoms with Crippen molar-refractivity contribution >= 4 is 10.9 Å². The van der Waals surface area contributed by atoms with Crippen LogP contribution in [0.25, 0.3) is 10.9 Å². The second kappa shape index (κ2) is 2.84. The Morgan fingerprint density at radius 1 is 1.14 bits per heavy atom. The molecule has 0 atom stereocenters. The van der Waals surface area contributed by atoms with Gasteiger partial charge in [-0.05, 0) is 10.8 Å². The Hall–Kier alpha value is -1.31. The van der Waals surface area contributed by atoms with Gasteiger partial charge in [-0.3, -0.25) is 0 Å². The van der Waals surface area contributed by atoms with E-state index in [0.717, 1.165) is 11.3 Å². The van der Waals surface area contributed by atoms with E-state index in [9.17, 15) is 0 Å². The predicted molar refractivity (Wildman–Crippen MR) is 56.1 cm³/mol. The summed E-state index contributed by atoms with van der Waals surface area (Å²) in [6.07, 6.45) is 0. The molecular formula is C12H16NO+. The van der Waals surface area contributed by atoms with Gasteiger partial charge in [0.05, 0.1) is 5.39 Å². The maximum atomic E-state index is 5.75. The highest BCUT2D eigenvalue weighted by Gasteiger charge is 2.30. The lowest BCUT2D eigenvalue weighted by molar-refractivity contribution is -0.888. The third-order valence-corrected chi connectivity index (χ3v) is 2.34. The van der Waals surface area contributed by atoms with Gasteiger partial charge in [-0.15, -0.1) is 0 Å². The molecule has 0 spiro atoms. The van der Waals surface area contributed by atoms with Crippen molar-refractivity contribution in [2.45, 2.75) is 33.2 Å². The van der Waals surface area contributed by atoms with Gasteiger partial charge in [-0.2, -0.15) is 0 Å². The summed E-state index contributed by atoms with van der Waals surface area (Å²) in [7, 11) is 0. The number of hydrogen-bond donors (Lipinski definition) is 0. The number of para-hydroxylation sites is 1. The lowest BCUT2D eigenvalue weighted by atomic mass is 10.1.